The van der Waals surface area contributed by atoms with Gasteiger partial charge in [0.05, 0.1) is 0 Å². The second kappa shape index (κ2) is 7.38. The smallest absolute Gasteiger partial charge is 0.251 e. The summed E-state index contributed by atoms with van der Waals surface area (Å²) in [4.78, 5) is 20.1. The van der Waals surface area contributed by atoms with Crippen molar-refractivity contribution in [1.82, 2.24) is 15.3 Å². The van der Waals surface area contributed by atoms with Crippen LogP contribution in [-0.2, 0) is 13.0 Å². The molecule has 0 saturated carbocycles. The third-order valence-electron chi connectivity index (χ3n) is 3.12. The molecule has 5 heteroatoms. The fraction of sp³-hybridized carbons (Fsp3) is 0.312. The molecule has 0 aliphatic carbocycles. The van der Waals surface area contributed by atoms with E-state index in [0.29, 0.717) is 24.6 Å². The van der Waals surface area contributed by atoms with Crippen molar-refractivity contribution < 1.29 is 4.79 Å². The number of anilines is 1. The summed E-state index contributed by atoms with van der Waals surface area (Å²) in [5.74, 6) is 0.565. The molecule has 5 nitrogen and oxygen atoms in total. The van der Waals surface area contributed by atoms with Crippen molar-refractivity contribution in [1.29, 1.82) is 0 Å². The van der Waals surface area contributed by atoms with Gasteiger partial charge in [0.25, 0.3) is 5.91 Å². The van der Waals surface area contributed by atoms with Crippen LogP contribution in [0.1, 0.15) is 35.3 Å². The Morgan fingerprint density at radius 2 is 1.71 bits per heavy atom. The number of aryl methyl sites for hydroxylation is 1. The summed E-state index contributed by atoms with van der Waals surface area (Å²) in [6.45, 7) is 5.23. The first kappa shape index (κ1) is 15.0. The number of aromatic nitrogens is 2. The maximum Gasteiger partial charge on any atom is 0.251 e. The first-order valence-electron chi connectivity index (χ1n) is 7.14. The fourth-order valence-corrected chi connectivity index (χ4v) is 1.85. The quantitative estimate of drug-likeness (QED) is 0.855. The second-order valence-corrected chi connectivity index (χ2v) is 4.68. The number of benzene rings is 1. The van der Waals surface area contributed by atoms with Gasteiger partial charge in [-0.25, -0.2) is 9.97 Å². The maximum absolute atomic E-state index is 11.6. The number of nitrogens with zero attached hydrogens (tertiary/aromatic N) is 2. The summed E-state index contributed by atoms with van der Waals surface area (Å²) in [7, 11) is 0. The highest BCUT2D eigenvalue weighted by Crippen LogP contribution is 2.07. The Hall–Kier alpha value is -2.43. The SMILES string of the molecule is CCNC(=O)c1ccc(CNc2ncc(CC)cn2)cc1. The molecule has 2 aromatic rings. The Balaban J connectivity index is 1.92. The minimum atomic E-state index is -0.0458. The first-order chi connectivity index (χ1) is 10.2. The zero-order chi connectivity index (χ0) is 15.1. The lowest BCUT2D eigenvalue weighted by molar-refractivity contribution is 0.0956. The Morgan fingerprint density at radius 1 is 1.05 bits per heavy atom. The van der Waals surface area contributed by atoms with E-state index < -0.39 is 0 Å². The van der Waals surface area contributed by atoms with Gasteiger partial charge in [0.2, 0.25) is 5.95 Å². The van der Waals surface area contributed by atoms with Crippen LogP contribution in [0.15, 0.2) is 36.7 Å². The van der Waals surface area contributed by atoms with Crippen LogP contribution in [0.2, 0.25) is 0 Å². The summed E-state index contributed by atoms with van der Waals surface area (Å²) in [5.41, 5.74) is 2.86. The molecule has 1 aromatic carbocycles. The predicted octanol–water partition coefficient (Wildman–Crippen LogP) is 2.40. The minimum absolute atomic E-state index is 0.0458. The number of hydrogen-bond acceptors (Lipinski definition) is 4. The van der Waals surface area contributed by atoms with E-state index in [-0.39, 0.29) is 5.91 Å². The summed E-state index contributed by atoms with van der Waals surface area (Å²) < 4.78 is 0. The molecule has 0 unspecified atom stereocenters. The second-order valence-electron chi connectivity index (χ2n) is 4.68. The highest BCUT2D eigenvalue weighted by atomic mass is 16.1. The van der Waals surface area contributed by atoms with Crippen LogP contribution in [0.5, 0.6) is 0 Å². The zero-order valence-corrected chi connectivity index (χ0v) is 12.4. The Morgan fingerprint density at radius 3 is 2.29 bits per heavy atom. The van der Waals surface area contributed by atoms with E-state index >= 15 is 0 Å². The molecule has 0 saturated heterocycles. The van der Waals surface area contributed by atoms with Gasteiger partial charge in [0, 0.05) is 31.0 Å². The van der Waals surface area contributed by atoms with Gasteiger partial charge in [-0.3, -0.25) is 4.79 Å². The number of carbonyl (C=O) groups is 1. The summed E-state index contributed by atoms with van der Waals surface area (Å²) >= 11 is 0. The molecule has 0 fully saturated rings. The van der Waals surface area contributed by atoms with Gasteiger partial charge in [-0.2, -0.15) is 0 Å². The molecule has 0 radical (unpaired) electrons. The molecule has 0 aliphatic rings. The van der Waals surface area contributed by atoms with Crippen LogP contribution in [-0.4, -0.2) is 22.4 Å². The van der Waals surface area contributed by atoms with Crippen LogP contribution in [0.25, 0.3) is 0 Å². The van der Waals surface area contributed by atoms with Gasteiger partial charge in [-0.1, -0.05) is 19.1 Å². The Bertz CT molecular complexity index is 578. The van der Waals surface area contributed by atoms with Crippen LogP contribution >= 0.6 is 0 Å². The van der Waals surface area contributed by atoms with Crippen molar-refractivity contribution in [3.63, 3.8) is 0 Å². The molecule has 0 bridgehead atoms. The van der Waals surface area contributed by atoms with Crippen LogP contribution in [0.3, 0.4) is 0 Å². The van der Waals surface area contributed by atoms with Gasteiger partial charge in [0.1, 0.15) is 0 Å². The minimum Gasteiger partial charge on any atom is -0.352 e. The highest BCUT2D eigenvalue weighted by Gasteiger charge is 2.03. The number of carbonyl (C=O) groups excluding carboxylic acids is 1. The Labute approximate surface area is 124 Å². The maximum atomic E-state index is 11.6. The number of rotatable bonds is 6. The van der Waals surface area contributed by atoms with Crippen LogP contribution in [0.4, 0.5) is 5.95 Å². The van der Waals surface area contributed by atoms with Crippen molar-refractivity contribution >= 4 is 11.9 Å². The van der Waals surface area contributed by atoms with Crippen molar-refractivity contribution in [3.05, 3.63) is 53.3 Å². The third kappa shape index (κ3) is 4.27. The van der Waals surface area contributed by atoms with Crippen LogP contribution < -0.4 is 10.6 Å². The van der Waals surface area contributed by atoms with E-state index in [9.17, 15) is 4.79 Å². The van der Waals surface area contributed by atoms with Gasteiger partial charge in [0.15, 0.2) is 0 Å². The first-order valence-corrected chi connectivity index (χ1v) is 7.14. The lowest BCUT2D eigenvalue weighted by Crippen LogP contribution is -2.22. The average molecular weight is 284 g/mol. The van der Waals surface area contributed by atoms with Crippen molar-refractivity contribution in [2.45, 2.75) is 26.8 Å². The monoisotopic (exact) mass is 284 g/mol. The van der Waals surface area contributed by atoms with Crippen molar-refractivity contribution in [3.8, 4) is 0 Å². The molecule has 1 amide bonds. The van der Waals surface area contributed by atoms with E-state index in [4.69, 9.17) is 0 Å². The summed E-state index contributed by atoms with van der Waals surface area (Å²) in [6, 6.07) is 7.50. The molecule has 1 aromatic heterocycles. The number of hydrogen-bond donors (Lipinski definition) is 2. The fourth-order valence-electron chi connectivity index (χ4n) is 1.85. The molecule has 2 N–H and O–H groups in total. The Kier molecular flexibility index (Phi) is 5.26. The molecule has 0 atom stereocenters. The van der Waals surface area contributed by atoms with E-state index in [0.717, 1.165) is 17.5 Å². The summed E-state index contributed by atoms with van der Waals surface area (Å²) in [6.07, 6.45) is 4.59. The molecular weight excluding hydrogens is 264 g/mol. The third-order valence-corrected chi connectivity index (χ3v) is 3.12. The van der Waals surface area contributed by atoms with Gasteiger partial charge >= 0.3 is 0 Å². The summed E-state index contributed by atoms with van der Waals surface area (Å²) in [5, 5.41) is 5.94. The largest absolute Gasteiger partial charge is 0.352 e. The molecule has 2 rings (SSSR count). The zero-order valence-electron chi connectivity index (χ0n) is 12.4. The standard InChI is InChI=1S/C16H20N4O/c1-3-12-9-18-16(19-10-12)20-11-13-5-7-14(8-6-13)15(21)17-4-2/h5-10H,3-4,11H2,1-2H3,(H,17,21)(H,18,19,20). The van der Waals surface area contributed by atoms with Gasteiger partial charge in [-0.15, -0.1) is 0 Å². The van der Waals surface area contributed by atoms with Gasteiger partial charge in [-0.05, 0) is 36.6 Å². The molecule has 21 heavy (non-hydrogen) atoms. The predicted molar refractivity (Wildman–Crippen MR) is 83.2 cm³/mol. The van der Waals surface area contributed by atoms with E-state index in [1.54, 1.807) is 0 Å². The topological polar surface area (TPSA) is 66.9 Å². The molecule has 110 valence electrons. The van der Waals surface area contributed by atoms with E-state index in [1.807, 2.05) is 43.6 Å². The van der Waals surface area contributed by atoms with Crippen molar-refractivity contribution in [2.24, 2.45) is 0 Å². The van der Waals surface area contributed by atoms with Crippen LogP contribution in [0, 0.1) is 0 Å². The molecular formula is C16H20N4O. The van der Waals surface area contributed by atoms with E-state index in [2.05, 4.69) is 27.5 Å². The number of nitrogens with one attached hydrogen (secondary N) is 2. The van der Waals surface area contributed by atoms with Crippen molar-refractivity contribution in [2.75, 3.05) is 11.9 Å². The molecule has 0 aliphatic heterocycles. The van der Waals surface area contributed by atoms with Gasteiger partial charge < -0.3 is 10.6 Å². The van der Waals surface area contributed by atoms with E-state index in [1.165, 1.54) is 0 Å². The molecule has 0 spiro atoms. The number of amides is 1. The molecule has 1 heterocycles. The lowest BCUT2D eigenvalue weighted by atomic mass is 10.1. The highest BCUT2D eigenvalue weighted by molar-refractivity contribution is 5.94. The normalized spacial score (nSPS) is 10.2. The average Bonchev–Trinajstić information content (AvgIpc) is 2.54. The lowest BCUT2D eigenvalue weighted by Gasteiger charge is -2.06.